The third-order valence-electron chi connectivity index (χ3n) is 3.85. The molecule has 0 saturated heterocycles. The van der Waals surface area contributed by atoms with E-state index < -0.39 is 0 Å². The van der Waals surface area contributed by atoms with E-state index in [0.29, 0.717) is 15.8 Å². The van der Waals surface area contributed by atoms with E-state index >= 15 is 0 Å². The van der Waals surface area contributed by atoms with E-state index in [1.54, 1.807) is 17.5 Å². The van der Waals surface area contributed by atoms with Crippen LogP contribution in [0.2, 0.25) is 5.02 Å². The summed E-state index contributed by atoms with van der Waals surface area (Å²) in [5.74, 6) is -0.239. The predicted molar refractivity (Wildman–Crippen MR) is 109 cm³/mol. The molecule has 0 atom stereocenters. The van der Waals surface area contributed by atoms with Crippen LogP contribution in [0.5, 0.6) is 0 Å². The maximum Gasteiger partial charge on any atom is 0.275 e. The smallest absolute Gasteiger partial charge is 0.275 e. The second-order valence-electron chi connectivity index (χ2n) is 5.65. The molecule has 26 heavy (non-hydrogen) atoms. The van der Waals surface area contributed by atoms with Crippen molar-refractivity contribution in [3.8, 4) is 0 Å². The number of benzene rings is 3. The molecule has 0 bridgehead atoms. The van der Waals surface area contributed by atoms with Gasteiger partial charge in [-0.05, 0) is 29.7 Å². The lowest BCUT2D eigenvalue weighted by molar-refractivity contribution is 0.102. The lowest BCUT2D eigenvalue weighted by Crippen LogP contribution is -2.12. The molecule has 1 heterocycles. The second-order valence-corrected chi connectivity index (χ2v) is 6.95. The number of rotatable bonds is 4. The van der Waals surface area contributed by atoms with Crippen LogP contribution in [0, 0.1) is 0 Å². The van der Waals surface area contributed by atoms with Gasteiger partial charge < -0.3 is 10.6 Å². The molecule has 1 amide bonds. The molecule has 6 heteroatoms. The number of halogens is 1. The molecule has 0 aliphatic rings. The first-order valence-electron chi connectivity index (χ1n) is 7.96. The van der Waals surface area contributed by atoms with Crippen molar-refractivity contribution in [3.05, 3.63) is 82.8 Å². The molecular formula is C20H14ClN3OS. The molecule has 4 rings (SSSR count). The summed E-state index contributed by atoms with van der Waals surface area (Å²) in [6.45, 7) is 0. The Morgan fingerprint density at radius 1 is 1.00 bits per heavy atom. The number of hydrogen-bond donors (Lipinski definition) is 2. The lowest BCUT2D eigenvalue weighted by Gasteiger charge is -2.07. The van der Waals surface area contributed by atoms with Crippen LogP contribution in [-0.2, 0) is 0 Å². The molecule has 0 aliphatic carbocycles. The van der Waals surface area contributed by atoms with Gasteiger partial charge in [-0.2, -0.15) is 0 Å². The minimum absolute atomic E-state index is 0.239. The van der Waals surface area contributed by atoms with Gasteiger partial charge in [0.1, 0.15) is 5.69 Å². The first-order valence-corrected chi connectivity index (χ1v) is 9.22. The molecule has 0 spiro atoms. The number of carbonyl (C=O) groups excluding carboxylic acids is 1. The van der Waals surface area contributed by atoms with Crippen LogP contribution in [0.1, 0.15) is 10.5 Å². The van der Waals surface area contributed by atoms with E-state index in [1.807, 2.05) is 54.6 Å². The minimum Gasteiger partial charge on any atom is -0.331 e. The lowest BCUT2D eigenvalue weighted by atomic mass is 10.1. The highest BCUT2D eigenvalue weighted by Gasteiger charge is 2.12. The maximum absolute atomic E-state index is 12.6. The predicted octanol–water partition coefficient (Wildman–Crippen LogP) is 5.95. The van der Waals surface area contributed by atoms with Crippen LogP contribution >= 0.6 is 22.9 Å². The fourth-order valence-corrected chi connectivity index (χ4v) is 3.55. The fourth-order valence-electron chi connectivity index (χ4n) is 2.65. The third kappa shape index (κ3) is 3.54. The Morgan fingerprint density at radius 3 is 2.69 bits per heavy atom. The van der Waals surface area contributed by atoms with Gasteiger partial charge in [-0.15, -0.1) is 11.3 Å². The summed E-state index contributed by atoms with van der Waals surface area (Å²) in [5, 5.41) is 11.2. The summed E-state index contributed by atoms with van der Waals surface area (Å²) in [5.41, 5.74) is 1.96. The number of anilines is 3. The van der Waals surface area contributed by atoms with Crippen LogP contribution in [0.4, 0.5) is 16.5 Å². The van der Waals surface area contributed by atoms with E-state index in [2.05, 4.69) is 15.6 Å². The van der Waals surface area contributed by atoms with Gasteiger partial charge >= 0.3 is 0 Å². The van der Waals surface area contributed by atoms with Crippen molar-refractivity contribution in [2.75, 3.05) is 10.6 Å². The molecule has 4 nitrogen and oxygen atoms in total. The van der Waals surface area contributed by atoms with Gasteiger partial charge in [0.2, 0.25) is 0 Å². The summed E-state index contributed by atoms with van der Waals surface area (Å²) in [4.78, 5) is 16.9. The van der Waals surface area contributed by atoms with E-state index in [4.69, 9.17) is 11.6 Å². The van der Waals surface area contributed by atoms with Crippen LogP contribution in [0.3, 0.4) is 0 Å². The van der Waals surface area contributed by atoms with Crippen LogP contribution < -0.4 is 10.6 Å². The van der Waals surface area contributed by atoms with Crippen molar-refractivity contribution in [1.82, 2.24) is 4.98 Å². The largest absolute Gasteiger partial charge is 0.331 e. The van der Waals surface area contributed by atoms with Crippen molar-refractivity contribution >= 4 is 56.1 Å². The van der Waals surface area contributed by atoms with Crippen LogP contribution in [0.25, 0.3) is 10.8 Å². The van der Waals surface area contributed by atoms with E-state index in [0.717, 1.165) is 22.1 Å². The SMILES string of the molecule is O=C(Nc1cccc2ccccc12)c1csc(Nc2cccc(Cl)c2)n1. The van der Waals surface area contributed by atoms with Crippen molar-refractivity contribution in [1.29, 1.82) is 0 Å². The number of nitrogens with zero attached hydrogens (tertiary/aromatic N) is 1. The highest BCUT2D eigenvalue weighted by Crippen LogP contribution is 2.26. The zero-order valence-corrected chi connectivity index (χ0v) is 15.1. The van der Waals surface area contributed by atoms with Gasteiger partial charge in [-0.25, -0.2) is 4.98 Å². The van der Waals surface area contributed by atoms with Crippen LogP contribution in [0.15, 0.2) is 72.1 Å². The summed E-state index contributed by atoms with van der Waals surface area (Å²) in [6, 6.07) is 21.1. The molecule has 1 aromatic heterocycles. The fraction of sp³-hybridized carbons (Fsp3) is 0. The third-order valence-corrected chi connectivity index (χ3v) is 4.84. The highest BCUT2D eigenvalue weighted by atomic mass is 35.5. The van der Waals surface area contributed by atoms with Crippen molar-refractivity contribution in [2.45, 2.75) is 0 Å². The molecule has 0 saturated carbocycles. The zero-order chi connectivity index (χ0) is 17.9. The second kappa shape index (κ2) is 7.15. The van der Waals surface area contributed by atoms with Crippen LogP contribution in [-0.4, -0.2) is 10.9 Å². The number of hydrogen-bond acceptors (Lipinski definition) is 4. The van der Waals surface area contributed by atoms with Crippen molar-refractivity contribution in [2.24, 2.45) is 0 Å². The number of thiazole rings is 1. The molecule has 2 N–H and O–H groups in total. The zero-order valence-electron chi connectivity index (χ0n) is 13.6. The van der Waals surface area contributed by atoms with Gasteiger partial charge in [-0.3, -0.25) is 4.79 Å². The van der Waals surface area contributed by atoms with Gasteiger partial charge in [0.25, 0.3) is 5.91 Å². The van der Waals surface area contributed by atoms with Gasteiger partial charge in [-0.1, -0.05) is 54.1 Å². The van der Waals surface area contributed by atoms with Gasteiger partial charge in [0, 0.05) is 27.2 Å². The molecule has 128 valence electrons. The molecule has 0 aliphatic heterocycles. The average Bonchev–Trinajstić information content (AvgIpc) is 3.11. The number of amides is 1. The topological polar surface area (TPSA) is 54.0 Å². The maximum atomic E-state index is 12.6. The average molecular weight is 380 g/mol. The Balaban J connectivity index is 1.53. The summed E-state index contributed by atoms with van der Waals surface area (Å²) < 4.78 is 0. The van der Waals surface area contributed by atoms with Crippen molar-refractivity contribution in [3.63, 3.8) is 0 Å². The summed E-state index contributed by atoms with van der Waals surface area (Å²) in [7, 11) is 0. The monoisotopic (exact) mass is 379 g/mol. The van der Waals surface area contributed by atoms with E-state index in [9.17, 15) is 4.79 Å². The molecular weight excluding hydrogens is 366 g/mol. The number of nitrogens with one attached hydrogen (secondary N) is 2. The summed E-state index contributed by atoms with van der Waals surface area (Å²) >= 11 is 7.35. The Labute approximate surface area is 159 Å². The number of carbonyl (C=O) groups is 1. The molecule has 0 fully saturated rings. The molecule has 0 radical (unpaired) electrons. The molecule has 4 aromatic rings. The van der Waals surface area contributed by atoms with Crippen molar-refractivity contribution < 1.29 is 4.79 Å². The molecule has 3 aromatic carbocycles. The van der Waals surface area contributed by atoms with E-state index in [-0.39, 0.29) is 5.91 Å². The highest BCUT2D eigenvalue weighted by molar-refractivity contribution is 7.14. The van der Waals surface area contributed by atoms with E-state index in [1.165, 1.54) is 11.3 Å². The normalized spacial score (nSPS) is 10.7. The Hall–Kier alpha value is -2.89. The number of fused-ring (bicyclic) bond motifs is 1. The standard InChI is InChI=1S/C20H14ClN3OS/c21-14-7-4-8-15(11-14)22-20-24-18(12-26-20)19(25)23-17-10-3-6-13-5-1-2-9-16(13)17/h1-12H,(H,22,24)(H,23,25). The molecule has 0 unspecified atom stereocenters. The minimum atomic E-state index is -0.239. The summed E-state index contributed by atoms with van der Waals surface area (Å²) in [6.07, 6.45) is 0. The Morgan fingerprint density at radius 2 is 1.81 bits per heavy atom. The van der Waals surface area contributed by atoms with Gasteiger partial charge in [0.15, 0.2) is 5.13 Å². The first kappa shape index (κ1) is 16.6. The quantitative estimate of drug-likeness (QED) is 0.461. The Kier molecular flexibility index (Phi) is 4.56. The van der Waals surface area contributed by atoms with Gasteiger partial charge in [0.05, 0.1) is 0 Å². The Bertz CT molecular complexity index is 1090. The number of aromatic nitrogens is 1. The first-order chi connectivity index (χ1) is 12.7.